The first-order valence-corrected chi connectivity index (χ1v) is 12.2. The van der Waals surface area contributed by atoms with Crippen LogP contribution in [0.2, 0.25) is 0 Å². The first kappa shape index (κ1) is 23.1. The highest BCUT2D eigenvalue weighted by atomic mass is 16.5. The summed E-state index contributed by atoms with van der Waals surface area (Å²) < 4.78 is 12.8. The van der Waals surface area contributed by atoms with Crippen molar-refractivity contribution in [1.29, 1.82) is 0 Å². The Balaban J connectivity index is 1.30. The normalized spacial score (nSPS) is 14.5. The molecule has 4 aromatic rings. The van der Waals surface area contributed by atoms with Gasteiger partial charge in [0.2, 0.25) is 5.91 Å². The maximum Gasteiger partial charge on any atom is 0.227 e. The third kappa shape index (κ3) is 4.78. The molecule has 1 saturated heterocycles. The maximum absolute atomic E-state index is 13.0. The molecule has 1 aromatic carbocycles. The summed E-state index contributed by atoms with van der Waals surface area (Å²) in [7, 11) is 1.68. The molecule has 0 saturated carbocycles. The summed E-state index contributed by atoms with van der Waals surface area (Å²) >= 11 is 0. The van der Waals surface area contributed by atoms with Crippen LogP contribution >= 0.6 is 0 Å². The van der Waals surface area contributed by atoms with Gasteiger partial charge in [-0.2, -0.15) is 0 Å². The second kappa shape index (κ2) is 9.90. The van der Waals surface area contributed by atoms with Crippen molar-refractivity contribution in [2.45, 2.75) is 52.0 Å². The van der Waals surface area contributed by atoms with E-state index in [4.69, 9.17) is 14.2 Å². The number of pyridine rings is 1. The van der Waals surface area contributed by atoms with Gasteiger partial charge in [-0.3, -0.25) is 4.79 Å². The Morgan fingerprint density at radius 1 is 1.11 bits per heavy atom. The lowest BCUT2D eigenvalue weighted by molar-refractivity contribution is -0.131. The van der Waals surface area contributed by atoms with Crippen molar-refractivity contribution in [3.8, 4) is 5.75 Å². The number of nitrogens with zero attached hydrogens (tertiary/aromatic N) is 5. The highest BCUT2D eigenvalue weighted by molar-refractivity contribution is 5.79. The van der Waals surface area contributed by atoms with Crippen molar-refractivity contribution < 1.29 is 14.1 Å². The van der Waals surface area contributed by atoms with Crippen LogP contribution in [0, 0.1) is 13.8 Å². The zero-order chi connectivity index (χ0) is 24.4. The molecule has 35 heavy (non-hydrogen) atoms. The summed E-state index contributed by atoms with van der Waals surface area (Å²) in [6.07, 6.45) is 5.65. The second-order valence-electron chi connectivity index (χ2n) is 9.18. The molecule has 0 bridgehead atoms. The van der Waals surface area contributed by atoms with E-state index in [-0.39, 0.29) is 11.9 Å². The van der Waals surface area contributed by atoms with E-state index < -0.39 is 0 Å². The topological polar surface area (TPSA) is 86.3 Å². The number of carbonyl (C=O) groups is 1. The third-order valence-corrected chi connectivity index (χ3v) is 7.01. The molecule has 0 atom stereocenters. The van der Waals surface area contributed by atoms with Crippen molar-refractivity contribution in [2.75, 3.05) is 20.2 Å². The number of aryl methyl sites for hydroxylation is 4. The Bertz CT molecular complexity index is 1300. The molecule has 8 nitrogen and oxygen atoms in total. The molecule has 0 aliphatic carbocycles. The van der Waals surface area contributed by atoms with Crippen molar-refractivity contribution in [3.05, 3.63) is 71.0 Å². The molecule has 182 valence electrons. The molecular formula is C27H31N5O3. The van der Waals surface area contributed by atoms with Crippen LogP contribution in [-0.2, 0) is 24.1 Å². The van der Waals surface area contributed by atoms with Crippen LogP contribution < -0.4 is 4.74 Å². The van der Waals surface area contributed by atoms with Crippen molar-refractivity contribution >= 4 is 17.1 Å². The van der Waals surface area contributed by atoms with E-state index >= 15 is 0 Å². The summed E-state index contributed by atoms with van der Waals surface area (Å²) in [5.74, 6) is 2.77. The SMILES string of the molecule is COc1ccc(CCc2nc3cccnc3n2C2CCN(C(=O)Cc3c(C)noc3C)CC2)cc1. The molecule has 1 aliphatic heterocycles. The Kier molecular flexibility index (Phi) is 6.53. The lowest BCUT2D eigenvalue weighted by Crippen LogP contribution is -2.40. The number of imidazole rings is 1. The van der Waals surface area contributed by atoms with Crippen LogP contribution in [0.5, 0.6) is 5.75 Å². The average Bonchev–Trinajstić information content (AvgIpc) is 3.42. The number of fused-ring (bicyclic) bond motifs is 1. The number of hydrogen-bond acceptors (Lipinski definition) is 6. The van der Waals surface area contributed by atoms with Crippen LogP contribution in [-0.4, -0.2) is 50.7 Å². The van der Waals surface area contributed by atoms with Gasteiger partial charge in [0, 0.05) is 37.3 Å². The molecule has 0 spiro atoms. The van der Waals surface area contributed by atoms with Gasteiger partial charge in [-0.1, -0.05) is 17.3 Å². The van der Waals surface area contributed by atoms with E-state index in [1.54, 1.807) is 7.11 Å². The number of rotatable bonds is 7. The highest BCUT2D eigenvalue weighted by Gasteiger charge is 2.28. The number of ether oxygens (including phenoxy) is 1. The van der Waals surface area contributed by atoms with Crippen LogP contribution in [0.1, 0.15) is 47.3 Å². The monoisotopic (exact) mass is 473 g/mol. The molecule has 1 amide bonds. The zero-order valence-corrected chi connectivity index (χ0v) is 20.5. The predicted molar refractivity (Wildman–Crippen MR) is 132 cm³/mol. The average molecular weight is 474 g/mol. The van der Waals surface area contributed by atoms with Crippen molar-refractivity contribution in [1.82, 2.24) is 24.6 Å². The number of likely N-dealkylation sites (tertiary alicyclic amines) is 1. The summed E-state index contributed by atoms with van der Waals surface area (Å²) in [5, 5.41) is 3.98. The van der Waals surface area contributed by atoms with Crippen molar-refractivity contribution in [2.24, 2.45) is 0 Å². The molecule has 1 aliphatic rings. The molecule has 3 aromatic heterocycles. The van der Waals surface area contributed by atoms with Gasteiger partial charge in [0.15, 0.2) is 5.65 Å². The van der Waals surface area contributed by atoms with E-state index in [9.17, 15) is 4.79 Å². The molecular weight excluding hydrogens is 442 g/mol. The van der Waals surface area contributed by atoms with Crippen LogP contribution in [0.25, 0.3) is 11.2 Å². The van der Waals surface area contributed by atoms with Crippen LogP contribution in [0.4, 0.5) is 0 Å². The fourth-order valence-electron chi connectivity index (χ4n) is 4.98. The van der Waals surface area contributed by atoms with Crippen molar-refractivity contribution in [3.63, 3.8) is 0 Å². The molecule has 1 fully saturated rings. The van der Waals surface area contributed by atoms with Gasteiger partial charge < -0.3 is 18.7 Å². The van der Waals surface area contributed by atoms with Gasteiger partial charge in [-0.05, 0) is 62.9 Å². The lowest BCUT2D eigenvalue weighted by Gasteiger charge is -2.33. The number of hydrogen-bond donors (Lipinski definition) is 0. The number of aromatic nitrogens is 4. The predicted octanol–water partition coefficient (Wildman–Crippen LogP) is 4.24. The van der Waals surface area contributed by atoms with E-state index in [0.717, 1.165) is 78.5 Å². The van der Waals surface area contributed by atoms with Gasteiger partial charge in [0.05, 0.1) is 19.2 Å². The number of amides is 1. The Morgan fingerprint density at radius 3 is 2.57 bits per heavy atom. The van der Waals surface area contributed by atoms with E-state index in [0.29, 0.717) is 6.42 Å². The standard InChI is InChI=1S/C27H31N5O3/c1-18-23(19(2)35-30-18)17-26(33)31-15-12-21(13-16-31)32-25(29-24-5-4-14-28-27(24)32)11-8-20-6-9-22(34-3)10-7-20/h4-7,9-10,14,21H,8,11-13,15-17H2,1-3H3. The largest absolute Gasteiger partial charge is 0.497 e. The molecule has 0 N–H and O–H groups in total. The van der Waals surface area contributed by atoms with Gasteiger partial charge >= 0.3 is 0 Å². The molecule has 0 radical (unpaired) electrons. The fourth-order valence-corrected chi connectivity index (χ4v) is 4.98. The number of benzene rings is 1. The first-order chi connectivity index (χ1) is 17.0. The van der Waals surface area contributed by atoms with Gasteiger partial charge in [0.25, 0.3) is 0 Å². The molecule has 8 heteroatoms. The minimum absolute atomic E-state index is 0.131. The third-order valence-electron chi connectivity index (χ3n) is 7.01. The fraction of sp³-hybridized carbons (Fsp3) is 0.407. The van der Waals surface area contributed by atoms with Gasteiger partial charge in [-0.25, -0.2) is 9.97 Å². The zero-order valence-electron chi connectivity index (χ0n) is 20.5. The Hall–Kier alpha value is -3.68. The van der Waals surface area contributed by atoms with Crippen LogP contribution in [0.15, 0.2) is 47.1 Å². The smallest absolute Gasteiger partial charge is 0.227 e. The minimum atomic E-state index is 0.131. The second-order valence-corrected chi connectivity index (χ2v) is 9.18. The summed E-state index contributed by atoms with van der Waals surface area (Å²) in [6.45, 7) is 5.18. The maximum atomic E-state index is 13.0. The Morgan fingerprint density at radius 2 is 1.89 bits per heavy atom. The van der Waals surface area contributed by atoms with E-state index in [1.807, 2.05) is 49.2 Å². The molecule has 4 heterocycles. The summed E-state index contributed by atoms with van der Waals surface area (Å²) in [6, 6.07) is 12.4. The molecule has 0 unspecified atom stereocenters. The number of piperidine rings is 1. The Labute approximate surface area is 204 Å². The number of methoxy groups -OCH3 is 1. The lowest BCUT2D eigenvalue weighted by atomic mass is 10.0. The summed E-state index contributed by atoms with van der Waals surface area (Å²) in [4.78, 5) is 24.5. The van der Waals surface area contributed by atoms with E-state index in [2.05, 4.69) is 26.8 Å². The number of carbonyl (C=O) groups excluding carboxylic acids is 1. The summed E-state index contributed by atoms with van der Waals surface area (Å²) in [5.41, 5.74) is 4.80. The highest BCUT2D eigenvalue weighted by Crippen LogP contribution is 2.29. The first-order valence-electron chi connectivity index (χ1n) is 12.2. The van der Waals surface area contributed by atoms with Gasteiger partial charge in [0.1, 0.15) is 22.9 Å². The van der Waals surface area contributed by atoms with E-state index in [1.165, 1.54) is 5.56 Å². The van der Waals surface area contributed by atoms with Gasteiger partial charge in [-0.15, -0.1) is 0 Å². The quantitative estimate of drug-likeness (QED) is 0.399. The molecule has 5 rings (SSSR count). The van der Waals surface area contributed by atoms with Crippen LogP contribution in [0.3, 0.4) is 0 Å². The minimum Gasteiger partial charge on any atom is -0.497 e.